The number of hydrogen-bond acceptors (Lipinski definition) is 3. The van der Waals surface area contributed by atoms with Crippen molar-refractivity contribution in [1.82, 2.24) is 0 Å². The first-order chi connectivity index (χ1) is 43.9. The maximum Gasteiger partial charge on any atom is 0.143 e. The molecule has 418 valence electrons. The number of hydrogen-bond donors (Lipinski definition) is 0. The largest absolute Gasteiger partial charge is 0.456 e. The SMILES string of the molecule is CC1(C)c2cc(-c3ccc4c(c3)C(c3ccc(-c5ccccc5)cc3)(c3ccc(-c5cccc6c5oc5ccccc56)cc3)c3ccccc3-4)ccc2-c2ccc(N(c3ccc(-c4cccc5oc6ccccc6c45)cc3)c3cccc4ccccc34)cc21. The highest BCUT2D eigenvalue weighted by atomic mass is 16.3. The average Bonchev–Trinajstić information content (AvgIpc) is 1.91. The number of fused-ring (bicyclic) bond motifs is 13. The zero-order valence-corrected chi connectivity index (χ0v) is 49.2. The van der Waals surface area contributed by atoms with Gasteiger partial charge in [-0.2, -0.15) is 0 Å². The van der Waals surface area contributed by atoms with Crippen LogP contribution in [0.3, 0.4) is 0 Å². The standard InChI is InChI=1S/C86H57NO2/c1-85(2)76-51-59(39-48-69(76)70-50-47-64(53-77(70)85)87(79-29-14-20-56-19-6-7-21-65(56)79)63-45-37-57(38-46-63)66-25-16-32-82-83(66)74-24-10-13-31-81(74)88-82)60-40-49-71-68-22-8-11-28-75(68)86(78(71)52-60,61-41-33-55(34-42-61)54-17-4-3-5-18-54)62-43-35-58(36-44-62)67-26-15-27-73-72-23-9-12-30-80(72)89-84(67)73/h3-53H,1-2H3. The van der Waals surface area contributed by atoms with E-state index in [0.717, 1.165) is 83.2 Å². The minimum absolute atomic E-state index is 0.317. The molecule has 2 aliphatic rings. The molecule has 0 radical (unpaired) electrons. The van der Waals surface area contributed by atoms with E-state index in [-0.39, 0.29) is 5.41 Å². The highest BCUT2D eigenvalue weighted by molar-refractivity contribution is 6.13. The third kappa shape index (κ3) is 7.71. The highest BCUT2D eigenvalue weighted by Crippen LogP contribution is 2.58. The average molecular weight is 1140 g/mol. The Bertz CT molecular complexity index is 5510. The molecule has 2 heterocycles. The van der Waals surface area contributed by atoms with Crippen LogP contribution in [-0.4, -0.2) is 0 Å². The molecule has 0 aliphatic heterocycles. The third-order valence-electron chi connectivity index (χ3n) is 19.6. The fourth-order valence-corrected chi connectivity index (χ4v) is 15.3. The van der Waals surface area contributed by atoms with Gasteiger partial charge in [0.05, 0.1) is 11.1 Å². The van der Waals surface area contributed by atoms with Crippen LogP contribution in [0.5, 0.6) is 0 Å². The van der Waals surface area contributed by atoms with Gasteiger partial charge < -0.3 is 13.7 Å². The summed E-state index contributed by atoms with van der Waals surface area (Å²) in [5.41, 5.74) is 28.0. The topological polar surface area (TPSA) is 29.5 Å². The summed E-state index contributed by atoms with van der Waals surface area (Å²) in [5.74, 6) is 0. The zero-order chi connectivity index (χ0) is 59.0. The summed E-state index contributed by atoms with van der Waals surface area (Å²) >= 11 is 0. The van der Waals surface area contributed by atoms with E-state index in [1.807, 2.05) is 12.1 Å². The van der Waals surface area contributed by atoms with Crippen LogP contribution in [0.1, 0.15) is 47.2 Å². The Hall–Kier alpha value is -11.3. The van der Waals surface area contributed by atoms with Gasteiger partial charge in [-0.3, -0.25) is 0 Å². The van der Waals surface area contributed by atoms with Crippen LogP contribution in [-0.2, 0) is 10.8 Å². The van der Waals surface area contributed by atoms with E-state index < -0.39 is 5.41 Å². The van der Waals surface area contributed by atoms with Crippen LogP contribution in [0, 0.1) is 0 Å². The molecule has 2 aromatic heterocycles. The second-order valence-corrected chi connectivity index (χ2v) is 24.6. The molecule has 2 aliphatic carbocycles. The molecule has 0 N–H and O–H groups in total. The summed E-state index contributed by atoms with van der Waals surface area (Å²) in [6, 6.07) is 114. The monoisotopic (exact) mass is 1140 g/mol. The molecule has 0 fully saturated rings. The normalized spacial score (nSPS) is 14.5. The van der Waals surface area contributed by atoms with Crippen LogP contribution in [0.25, 0.3) is 121 Å². The smallest absolute Gasteiger partial charge is 0.143 e. The van der Waals surface area contributed by atoms with Crippen LogP contribution >= 0.6 is 0 Å². The second-order valence-electron chi connectivity index (χ2n) is 24.6. The third-order valence-corrected chi connectivity index (χ3v) is 19.6. The molecular formula is C86H57NO2. The van der Waals surface area contributed by atoms with Crippen molar-refractivity contribution in [1.29, 1.82) is 0 Å². The minimum Gasteiger partial charge on any atom is -0.456 e. The van der Waals surface area contributed by atoms with Gasteiger partial charge in [-0.05, 0) is 161 Å². The molecule has 0 spiro atoms. The van der Waals surface area contributed by atoms with Gasteiger partial charge >= 0.3 is 0 Å². The molecule has 18 rings (SSSR count). The van der Waals surface area contributed by atoms with Crippen LogP contribution in [0.2, 0.25) is 0 Å². The fraction of sp³-hybridized carbons (Fsp3) is 0.0465. The first-order valence-electron chi connectivity index (χ1n) is 30.9. The van der Waals surface area contributed by atoms with Crippen molar-refractivity contribution in [3.63, 3.8) is 0 Å². The quantitative estimate of drug-likeness (QED) is 0.144. The van der Waals surface area contributed by atoms with Crippen molar-refractivity contribution in [2.45, 2.75) is 24.7 Å². The number of rotatable bonds is 9. The van der Waals surface area contributed by atoms with Gasteiger partial charge in [-0.25, -0.2) is 0 Å². The molecular weight excluding hydrogens is 1080 g/mol. The van der Waals surface area contributed by atoms with Crippen molar-refractivity contribution < 1.29 is 8.83 Å². The maximum absolute atomic E-state index is 6.60. The first-order valence-corrected chi connectivity index (χ1v) is 30.9. The zero-order valence-electron chi connectivity index (χ0n) is 49.2. The van der Waals surface area contributed by atoms with Gasteiger partial charge in [-0.15, -0.1) is 0 Å². The van der Waals surface area contributed by atoms with E-state index in [0.29, 0.717) is 0 Å². The first kappa shape index (κ1) is 51.0. The molecule has 89 heavy (non-hydrogen) atoms. The summed E-state index contributed by atoms with van der Waals surface area (Å²) in [7, 11) is 0. The fourth-order valence-electron chi connectivity index (χ4n) is 15.3. The van der Waals surface area contributed by atoms with Gasteiger partial charge in [0.25, 0.3) is 0 Å². The molecule has 3 heteroatoms. The van der Waals surface area contributed by atoms with Crippen LogP contribution < -0.4 is 4.90 Å². The highest BCUT2D eigenvalue weighted by Gasteiger charge is 2.46. The molecule has 1 unspecified atom stereocenters. The minimum atomic E-state index is -0.636. The maximum atomic E-state index is 6.60. The van der Waals surface area contributed by atoms with Gasteiger partial charge in [0.15, 0.2) is 0 Å². The van der Waals surface area contributed by atoms with Crippen molar-refractivity contribution in [3.8, 4) is 66.8 Å². The lowest BCUT2D eigenvalue weighted by Gasteiger charge is -2.34. The Labute approximate surface area is 516 Å². The van der Waals surface area contributed by atoms with E-state index in [1.54, 1.807) is 0 Å². The molecule has 14 aromatic carbocycles. The van der Waals surface area contributed by atoms with Crippen LogP contribution in [0.15, 0.2) is 318 Å². The predicted molar refractivity (Wildman–Crippen MR) is 370 cm³/mol. The summed E-state index contributed by atoms with van der Waals surface area (Å²) in [6.07, 6.45) is 0. The lowest BCUT2D eigenvalue weighted by molar-refractivity contribution is 0.660. The molecule has 3 nitrogen and oxygen atoms in total. The summed E-state index contributed by atoms with van der Waals surface area (Å²) in [6.45, 7) is 4.81. The van der Waals surface area contributed by atoms with E-state index in [2.05, 4.69) is 316 Å². The van der Waals surface area contributed by atoms with Crippen molar-refractivity contribution >= 4 is 71.7 Å². The molecule has 1 atom stereocenters. The van der Waals surface area contributed by atoms with E-state index in [1.165, 1.54) is 88.7 Å². The molecule has 0 saturated carbocycles. The summed E-state index contributed by atoms with van der Waals surface area (Å²) in [5, 5.41) is 6.92. The van der Waals surface area contributed by atoms with Gasteiger partial charge in [-0.1, -0.05) is 263 Å². The lowest BCUT2D eigenvalue weighted by Crippen LogP contribution is -2.28. The van der Waals surface area contributed by atoms with Crippen molar-refractivity contribution in [2.75, 3.05) is 4.90 Å². The van der Waals surface area contributed by atoms with E-state index >= 15 is 0 Å². The lowest BCUT2D eigenvalue weighted by atomic mass is 9.67. The van der Waals surface area contributed by atoms with Crippen LogP contribution in [0.4, 0.5) is 17.1 Å². The molecule has 0 bridgehead atoms. The summed E-state index contributed by atoms with van der Waals surface area (Å²) in [4.78, 5) is 2.45. The van der Waals surface area contributed by atoms with Crippen molar-refractivity contribution in [2.24, 2.45) is 0 Å². The Kier molecular flexibility index (Phi) is 11.3. The number of furan rings is 2. The number of benzene rings is 14. The van der Waals surface area contributed by atoms with E-state index in [4.69, 9.17) is 8.83 Å². The van der Waals surface area contributed by atoms with E-state index in [9.17, 15) is 0 Å². The summed E-state index contributed by atoms with van der Waals surface area (Å²) < 4.78 is 12.9. The second kappa shape index (κ2) is 19.6. The number of anilines is 3. The number of para-hydroxylation sites is 3. The Balaban J connectivity index is 0.749. The molecule has 0 saturated heterocycles. The van der Waals surface area contributed by atoms with Crippen molar-refractivity contribution in [3.05, 3.63) is 343 Å². The Morgan fingerprint density at radius 2 is 0.764 bits per heavy atom. The van der Waals surface area contributed by atoms with Gasteiger partial charge in [0.1, 0.15) is 22.3 Å². The van der Waals surface area contributed by atoms with Gasteiger partial charge in [0.2, 0.25) is 0 Å². The van der Waals surface area contributed by atoms with Gasteiger partial charge in [0, 0.05) is 49.3 Å². The number of nitrogens with zero attached hydrogens (tertiary/aromatic N) is 1. The predicted octanol–water partition coefficient (Wildman–Crippen LogP) is 23.4. The Morgan fingerprint density at radius 3 is 1.54 bits per heavy atom. The Morgan fingerprint density at radius 1 is 0.281 bits per heavy atom. The molecule has 16 aromatic rings. The molecule has 0 amide bonds.